The molecule has 214 valence electrons. The van der Waals surface area contributed by atoms with Crippen LogP contribution in [0.3, 0.4) is 0 Å². The van der Waals surface area contributed by atoms with Crippen LogP contribution in [0.15, 0.2) is 82.6 Å². The first-order valence-corrected chi connectivity index (χ1v) is 14.9. The number of nitrogens with two attached hydrogens (primary N) is 1. The molecule has 3 aromatic carbocycles. The van der Waals surface area contributed by atoms with Crippen LogP contribution in [0.25, 0.3) is 22.6 Å². The van der Waals surface area contributed by atoms with Crippen molar-refractivity contribution in [1.82, 2.24) is 20.1 Å². The molecule has 1 saturated heterocycles. The van der Waals surface area contributed by atoms with Crippen molar-refractivity contribution >= 4 is 17.2 Å². The number of amides is 1. The minimum Gasteiger partial charge on any atom is -0.497 e. The number of methoxy groups -OCH3 is 1. The lowest BCUT2D eigenvalue weighted by Crippen LogP contribution is -2.35. The largest absolute Gasteiger partial charge is 0.497 e. The number of ether oxygens (including phenoxy) is 1. The SMILES string of the molecule is COc1cccc(-c2cc(C(=O)N3CCC[C@@H]3c3nc(C)cs3)cc(-c3nnc([C@](C)(N)Cc4ccccc4)o3)c2)c1. The van der Waals surface area contributed by atoms with Crippen LogP contribution < -0.4 is 10.5 Å². The molecular weight excluding hydrogens is 546 g/mol. The lowest BCUT2D eigenvalue weighted by atomic mass is 9.94. The first-order chi connectivity index (χ1) is 20.3. The smallest absolute Gasteiger partial charge is 0.254 e. The Hall–Kier alpha value is -4.34. The summed E-state index contributed by atoms with van der Waals surface area (Å²) >= 11 is 1.61. The highest BCUT2D eigenvalue weighted by Gasteiger charge is 2.33. The zero-order valence-corrected chi connectivity index (χ0v) is 24.7. The summed E-state index contributed by atoms with van der Waals surface area (Å²) in [7, 11) is 1.64. The van der Waals surface area contributed by atoms with E-state index in [-0.39, 0.29) is 11.9 Å². The summed E-state index contributed by atoms with van der Waals surface area (Å²) in [5, 5.41) is 11.7. The van der Waals surface area contributed by atoms with Crippen LogP contribution in [0.4, 0.5) is 0 Å². The Balaban J connectivity index is 1.38. The predicted octanol–water partition coefficient (Wildman–Crippen LogP) is 6.57. The first-order valence-electron chi connectivity index (χ1n) is 14.0. The molecule has 42 heavy (non-hydrogen) atoms. The van der Waals surface area contributed by atoms with Gasteiger partial charge in [-0.05, 0) is 80.1 Å². The fourth-order valence-electron chi connectivity index (χ4n) is 5.47. The number of thiazole rings is 1. The van der Waals surface area contributed by atoms with Crippen LogP contribution in [0, 0.1) is 6.92 Å². The Morgan fingerprint density at radius 2 is 1.88 bits per heavy atom. The Morgan fingerprint density at radius 3 is 2.64 bits per heavy atom. The summed E-state index contributed by atoms with van der Waals surface area (Å²) in [6.07, 6.45) is 2.36. The number of hydrogen-bond acceptors (Lipinski definition) is 8. The van der Waals surface area contributed by atoms with Crippen LogP contribution >= 0.6 is 11.3 Å². The Bertz CT molecular complexity index is 1710. The van der Waals surface area contributed by atoms with Crippen molar-refractivity contribution in [2.24, 2.45) is 5.73 Å². The zero-order chi connectivity index (χ0) is 29.3. The summed E-state index contributed by atoms with van der Waals surface area (Å²) < 4.78 is 11.7. The predicted molar refractivity (Wildman–Crippen MR) is 163 cm³/mol. The van der Waals surface area contributed by atoms with Gasteiger partial charge in [0.05, 0.1) is 18.7 Å². The van der Waals surface area contributed by atoms with Gasteiger partial charge in [0.2, 0.25) is 11.8 Å². The first kappa shape index (κ1) is 27.8. The third-order valence-corrected chi connectivity index (χ3v) is 8.66. The second kappa shape index (κ2) is 11.5. The number of likely N-dealkylation sites (tertiary alicyclic amines) is 1. The van der Waals surface area contributed by atoms with E-state index in [9.17, 15) is 4.79 Å². The molecule has 5 aromatic rings. The Kier molecular flexibility index (Phi) is 7.62. The van der Waals surface area contributed by atoms with E-state index in [4.69, 9.17) is 14.9 Å². The summed E-state index contributed by atoms with van der Waals surface area (Å²) in [4.78, 5) is 20.7. The topological polar surface area (TPSA) is 107 Å². The van der Waals surface area contributed by atoms with E-state index in [1.807, 2.05) is 96.9 Å². The molecule has 0 saturated carbocycles. The summed E-state index contributed by atoms with van der Waals surface area (Å²) in [6, 6.07) is 23.4. The number of hydrogen-bond donors (Lipinski definition) is 1. The minimum absolute atomic E-state index is 0.0360. The van der Waals surface area contributed by atoms with E-state index < -0.39 is 5.54 Å². The van der Waals surface area contributed by atoms with Gasteiger partial charge in [-0.25, -0.2) is 4.98 Å². The molecule has 2 atom stereocenters. The van der Waals surface area contributed by atoms with Crippen molar-refractivity contribution in [3.8, 4) is 28.3 Å². The third kappa shape index (κ3) is 5.70. The van der Waals surface area contributed by atoms with E-state index in [1.165, 1.54) is 0 Å². The molecule has 6 rings (SSSR count). The van der Waals surface area contributed by atoms with Crippen LogP contribution in [0.2, 0.25) is 0 Å². The van der Waals surface area contributed by atoms with Crippen LogP contribution in [-0.4, -0.2) is 39.6 Å². The van der Waals surface area contributed by atoms with Gasteiger partial charge in [0.1, 0.15) is 10.8 Å². The maximum absolute atomic E-state index is 14.1. The third-order valence-electron chi connectivity index (χ3n) is 7.59. The zero-order valence-electron chi connectivity index (χ0n) is 23.9. The van der Waals surface area contributed by atoms with E-state index in [0.717, 1.165) is 46.0 Å². The summed E-state index contributed by atoms with van der Waals surface area (Å²) in [5.41, 5.74) is 10.8. The van der Waals surface area contributed by atoms with E-state index in [1.54, 1.807) is 18.4 Å². The maximum Gasteiger partial charge on any atom is 0.254 e. The standard InChI is InChI=1S/C33H33N5O3S/c1-21-20-42-30(35-21)28-13-8-14-38(28)31(39)26-16-24(23-11-7-12-27(18-23)40-3)15-25(17-26)29-36-37-32(41-29)33(2,34)19-22-9-5-4-6-10-22/h4-7,9-12,15-18,20,28H,8,13-14,19,34H2,1-3H3/t28-,33-/m1/s1. The van der Waals surface area contributed by atoms with Crippen molar-refractivity contribution in [2.75, 3.05) is 13.7 Å². The van der Waals surface area contributed by atoms with Crippen molar-refractivity contribution in [2.45, 2.75) is 44.7 Å². The number of aromatic nitrogens is 3. The van der Waals surface area contributed by atoms with Crippen LogP contribution in [-0.2, 0) is 12.0 Å². The van der Waals surface area contributed by atoms with Gasteiger partial charge < -0.3 is 19.8 Å². The monoisotopic (exact) mass is 579 g/mol. The van der Waals surface area contributed by atoms with Gasteiger partial charge in [-0.2, -0.15) is 0 Å². The van der Waals surface area contributed by atoms with Crippen molar-refractivity contribution < 1.29 is 13.9 Å². The second-order valence-corrected chi connectivity index (χ2v) is 11.9. The molecule has 0 bridgehead atoms. The van der Waals surface area contributed by atoms with Gasteiger partial charge in [0.15, 0.2) is 0 Å². The molecule has 0 aliphatic carbocycles. The van der Waals surface area contributed by atoms with Crippen molar-refractivity contribution in [3.05, 3.63) is 106 Å². The van der Waals surface area contributed by atoms with E-state index in [0.29, 0.717) is 35.9 Å². The number of carbonyl (C=O) groups excluding carboxylic acids is 1. The maximum atomic E-state index is 14.1. The average Bonchev–Trinajstić information content (AvgIpc) is 3.78. The molecule has 2 aromatic heterocycles. The molecule has 1 aliphatic heterocycles. The van der Waals surface area contributed by atoms with Crippen LogP contribution in [0.1, 0.15) is 58.3 Å². The van der Waals surface area contributed by atoms with Gasteiger partial charge >= 0.3 is 0 Å². The summed E-state index contributed by atoms with van der Waals surface area (Å²) in [6.45, 7) is 4.54. The number of nitrogens with zero attached hydrogens (tertiary/aromatic N) is 4. The number of aryl methyl sites for hydroxylation is 1. The van der Waals surface area contributed by atoms with Gasteiger partial charge in [-0.15, -0.1) is 21.5 Å². The fraction of sp³-hybridized carbons (Fsp3) is 0.273. The molecule has 0 radical (unpaired) electrons. The number of carbonyl (C=O) groups is 1. The highest BCUT2D eigenvalue weighted by atomic mass is 32.1. The molecule has 1 aliphatic rings. The van der Waals surface area contributed by atoms with Gasteiger partial charge in [-0.1, -0.05) is 42.5 Å². The van der Waals surface area contributed by atoms with Crippen molar-refractivity contribution in [1.29, 1.82) is 0 Å². The molecule has 0 unspecified atom stereocenters. The van der Waals surface area contributed by atoms with Gasteiger partial charge in [0, 0.05) is 28.7 Å². The normalized spacial score (nSPS) is 16.4. The van der Waals surface area contributed by atoms with E-state index >= 15 is 0 Å². The number of rotatable bonds is 8. The van der Waals surface area contributed by atoms with Crippen molar-refractivity contribution in [3.63, 3.8) is 0 Å². The number of benzene rings is 3. The van der Waals surface area contributed by atoms with Gasteiger partial charge in [-0.3, -0.25) is 4.79 Å². The quantitative estimate of drug-likeness (QED) is 0.221. The lowest BCUT2D eigenvalue weighted by molar-refractivity contribution is 0.0735. The Labute approximate surface area is 249 Å². The molecule has 0 spiro atoms. The second-order valence-electron chi connectivity index (χ2n) is 11.0. The molecular formula is C33H33N5O3S. The fourth-order valence-corrected chi connectivity index (χ4v) is 6.41. The van der Waals surface area contributed by atoms with Crippen LogP contribution in [0.5, 0.6) is 5.75 Å². The van der Waals surface area contributed by atoms with E-state index in [2.05, 4.69) is 15.2 Å². The highest BCUT2D eigenvalue weighted by molar-refractivity contribution is 7.09. The molecule has 2 N–H and O–H groups in total. The molecule has 3 heterocycles. The molecule has 1 amide bonds. The molecule has 9 heteroatoms. The lowest BCUT2D eigenvalue weighted by Gasteiger charge is -2.24. The molecule has 8 nitrogen and oxygen atoms in total. The summed E-state index contributed by atoms with van der Waals surface area (Å²) in [5.74, 6) is 1.31. The average molecular weight is 580 g/mol. The molecule has 1 fully saturated rings. The minimum atomic E-state index is -0.871. The van der Waals surface area contributed by atoms with Gasteiger partial charge in [0.25, 0.3) is 5.91 Å². The Morgan fingerprint density at radius 1 is 1.07 bits per heavy atom. The highest BCUT2D eigenvalue weighted by Crippen LogP contribution is 2.37.